The number of nitrogen functional groups attached to an aromatic ring is 1. The first kappa shape index (κ1) is 14.8. The van der Waals surface area contributed by atoms with E-state index in [1.54, 1.807) is 30.3 Å². The number of nitrogens with one attached hydrogen (secondary N) is 1. The summed E-state index contributed by atoms with van der Waals surface area (Å²) in [6, 6.07) is 11.2. The molecule has 0 saturated heterocycles. The molecule has 0 radical (unpaired) electrons. The summed E-state index contributed by atoms with van der Waals surface area (Å²) in [7, 11) is 1.49. The van der Waals surface area contributed by atoms with Crippen molar-refractivity contribution in [3.05, 3.63) is 59.4 Å². The predicted octanol–water partition coefficient (Wildman–Crippen LogP) is 2.39. The first-order chi connectivity index (χ1) is 10.1. The zero-order valence-electron chi connectivity index (χ0n) is 11.7. The standard InChI is InChI=1S/C16H17FN2O2/c1-21-14-4-2-3-13(18)15(14)16(20)19-10-9-11-5-7-12(17)8-6-11/h2-8H,9-10,18H2,1H3,(H,19,20). The molecule has 4 nitrogen and oxygen atoms in total. The maximum atomic E-state index is 12.8. The summed E-state index contributed by atoms with van der Waals surface area (Å²) in [6.07, 6.45) is 0.612. The van der Waals surface area contributed by atoms with Crippen LogP contribution in [0.4, 0.5) is 10.1 Å². The summed E-state index contributed by atoms with van der Waals surface area (Å²) >= 11 is 0. The number of carbonyl (C=O) groups excluding carboxylic acids is 1. The summed E-state index contributed by atoms with van der Waals surface area (Å²) in [5.41, 5.74) is 7.47. The second kappa shape index (κ2) is 6.74. The van der Waals surface area contributed by atoms with E-state index in [9.17, 15) is 9.18 Å². The second-order valence-corrected chi connectivity index (χ2v) is 4.56. The van der Waals surface area contributed by atoms with Crippen molar-refractivity contribution in [1.82, 2.24) is 5.32 Å². The predicted molar refractivity (Wildman–Crippen MR) is 79.8 cm³/mol. The van der Waals surface area contributed by atoms with Crippen LogP contribution >= 0.6 is 0 Å². The normalized spacial score (nSPS) is 10.2. The van der Waals surface area contributed by atoms with Crippen molar-refractivity contribution < 1.29 is 13.9 Å². The number of benzene rings is 2. The third-order valence-electron chi connectivity index (χ3n) is 3.12. The molecule has 0 heterocycles. The lowest BCUT2D eigenvalue weighted by Gasteiger charge is -2.11. The van der Waals surface area contributed by atoms with E-state index < -0.39 is 0 Å². The van der Waals surface area contributed by atoms with Gasteiger partial charge in [0.05, 0.1) is 7.11 Å². The van der Waals surface area contributed by atoms with E-state index in [-0.39, 0.29) is 11.7 Å². The van der Waals surface area contributed by atoms with Crippen LogP contribution in [0, 0.1) is 5.82 Å². The molecule has 0 fully saturated rings. The van der Waals surface area contributed by atoms with Crippen LogP contribution in [0.1, 0.15) is 15.9 Å². The average molecular weight is 288 g/mol. The van der Waals surface area contributed by atoms with Crippen molar-refractivity contribution in [3.63, 3.8) is 0 Å². The molecule has 0 bridgehead atoms. The van der Waals surface area contributed by atoms with Gasteiger partial charge in [0.1, 0.15) is 17.1 Å². The van der Waals surface area contributed by atoms with Gasteiger partial charge in [-0.3, -0.25) is 4.79 Å². The smallest absolute Gasteiger partial charge is 0.257 e. The first-order valence-electron chi connectivity index (χ1n) is 6.57. The van der Waals surface area contributed by atoms with Gasteiger partial charge in [-0.1, -0.05) is 18.2 Å². The minimum atomic E-state index is -0.285. The molecule has 0 aliphatic heterocycles. The van der Waals surface area contributed by atoms with Gasteiger partial charge in [-0.15, -0.1) is 0 Å². The summed E-state index contributed by atoms with van der Waals surface area (Å²) in [5, 5.41) is 2.78. The molecule has 110 valence electrons. The van der Waals surface area contributed by atoms with Gasteiger partial charge >= 0.3 is 0 Å². The number of ether oxygens (including phenoxy) is 1. The average Bonchev–Trinajstić information content (AvgIpc) is 2.48. The lowest BCUT2D eigenvalue weighted by molar-refractivity contribution is 0.0952. The number of methoxy groups -OCH3 is 1. The SMILES string of the molecule is COc1cccc(N)c1C(=O)NCCc1ccc(F)cc1. The fourth-order valence-corrected chi connectivity index (χ4v) is 2.02. The van der Waals surface area contributed by atoms with Gasteiger partial charge in [-0.05, 0) is 36.2 Å². The van der Waals surface area contributed by atoms with Crippen molar-refractivity contribution >= 4 is 11.6 Å². The van der Waals surface area contributed by atoms with Gasteiger partial charge in [0.25, 0.3) is 5.91 Å². The summed E-state index contributed by atoms with van der Waals surface area (Å²) in [6.45, 7) is 0.432. The zero-order chi connectivity index (χ0) is 15.2. The highest BCUT2D eigenvalue weighted by Crippen LogP contribution is 2.23. The van der Waals surface area contributed by atoms with Crippen LogP contribution < -0.4 is 15.8 Å². The topological polar surface area (TPSA) is 64.3 Å². The molecule has 5 heteroatoms. The summed E-state index contributed by atoms with van der Waals surface area (Å²) in [5.74, 6) is -0.120. The second-order valence-electron chi connectivity index (χ2n) is 4.56. The fraction of sp³-hybridized carbons (Fsp3) is 0.188. The van der Waals surface area contributed by atoms with Crippen molar-refractivity contribution in [1.29, 1.82) is 0 Å². The molecular weight excluding hydrogens is 271 g/mol. The molecule has 1 amide bonds. The highest BCUT2D eigenvalue weighted by Gasteiger charge is 2.14. The number of hydrogen-bond acceptors (Lipinski definition) is 3. The summed E-state index contributed by atoms with van der Waals surface area (Å²) in [4.78, 5) is 12.2. The van der Waals surface area contributed by atoms with Crippen LogP contribution in [0.3, 0.4) is 0 Å². The Morgan fingerprint density at radius 2 is 1.95 bits per heavy atom. The number of halogens is 1. The number of anilines is 1. The molecule has 0 atom stereocenters. The van der Waals surface area contributed by atoms with Gasteiger partial charge in [0.2, 0.25) is 0 Å². The largest absolute Gasteiger partial charge is 0.496 e. The lowest BCUT2D eigenvalue weighted by Crippen LogP contribution is -2.27. The molecule has 0 spiro atoms. The van der Waals surface area contributed by atoms with Crippen LogP contribution in [0.15, 0.2) is 42.5 Å². The Kier molecular flexibility index (Phi) is 4.77. The van der Waals surface area contributed by atoms with Crippen molar-refractivity contribution in [3.8, 4) is 5.75 Å². The molecule has 2 aromatic carbocycles. The minimum Gasteiger partial charge on any atom is -0.496 e. The molecular formula is C16H17FN2O2. The van der Waals surface area contributed by atoms with E-state index in [1.807, 2.05) is 0 Å². The van der Waals surface area contributed by atoms with Crippen LogP contribution in [0.2, 0.25) is 0 Å². The number of amides is 1. The maximum absolute atomic E-state index is 12.8. The quantitative estimate of drug-likeness (QED) is 0.830. The molecule has 2 rings (SSSR count). The fourth-order valence-electron chi connectivity index (χ4n) is 2.02. The van der Waals surface area contributed by atoms with Gasteiger partial charge in [0.15, 0.2) is 0 Å². The van der Waals surface area contributed by atoms with E-state index in [0.29, 0.717) is 30.0 Å². The number of hydrogen-bond donors (Lipinski definition) is 2. The molecule has 0 aliphatic rings. The third kappa shape index (κ3) is 3.72. The highest BCUT2D eigenvalue weighted by molar-refractivity contribution is 6.01. The molecule has 3 N–H and O–H groups in total. The van der Waals surface area contributed by atoms with Gasteiger partial charge in [-0.25, -0.2) is 4.39 Å². The number of rotatable bonds is 5. The molecule has 0 saturated carbocycles. The minimum absolute atomic E-state index is 0.274. The van der Waals surface area contributed by atoms with E-state index in [2.05, 4.69) is 5.32 Å². The number of carbonyl (C=O) groups is 1. The van der Waals surface area contributed by atoms with E-state index in [1.165, 1.54) is 19.2 Å². The Balaban J connectivity index is 1.97. The van der Waals surface area contributed by atoms with Crippen LogP contribution in [0.5, 0.6) is 5.75 Å². The monoisotopic (exact) mass is 288 g/mol. The summed E-state index contributed by atoms with van der Waals surface area (Å²) < 4.78 is 17.9. The Morgan fingerprint density at radius 1 is 1.24 bits per heavy atom. The lowest BCUT2D eigenvalue weighted by atomic mass is 10.1. The van der Waals surface area contributed by atoms with Gasteiger partial charge < -0.3 is 15.8 Å². The highest BCUT2D eigenvalue weighted by atomic mass is 19.1. The van der Waals surface area contributed by atoms with Crippen molar-refractivity contribution in [2.75, 3.05) is 19.4 Å². The maximum Gasteiger partial charge on any atom is 0.257 e. The van der Waals surface area contributed by atoms with E-state index in [0.717, 1.165) is 5.56 Å². The zero-order valence-corrected chi connectivity index (χ0v) is 11.7. The Labute approximate surface area is 122 Å². The molecule has 0 aliphatic carbocycles. The molecule has 2 aromatic rings. The Hall–Kier alpha value is -2.56. The molecule has 0 aromatic heterocycles. The van der Waals surface area contributed by atoms with Crippen molar-refractivity contribution in [2.24, 2.45) is 0 Å². The van der Waals surface area contributed by atoms with Gasteiger partial charge in [0, 0.05) is 12.2 Å². The Morgan fingerprint density at radius 3 is 2.62 bits per heavy atom. The third-order valence-corrected chi connectivity index (χ3v) is 3.12. The van der Waals surface area contributed by atoms with E-state index in [4.69, 9.17) is 10.5 Å². The van der Waals surface area contributed by atoms with Gasteiger partial charge in [-0.2, -0.15) is 0 Å². The van der Waals surface area contributed by atoms with Crippen molar-refractivity contribution in [2.45, 2.75) is 6.42 Å². The van der Waals surface area contributed by atoms with Crippen LogP contribution in [-0.2, 0) is 6.42 Å². The first-order valence-corrected chi connectivity index (χ1v) is 6.57. The van der Waals surface area contributed by atoms with E-state index >= 15 is 0 Å². The Bertz CT molecular complexity index is 627. The molecule has 21 heavy (non-hydrogen) atoms. The molecule has 0 unspecified atom stereocenters. The number of nitrogens with two attached hydrogens (primary N) is 1. The van der Waals surface area contributed by atoms with Crippen LogP contribution in [0.25, 0.3) is 0 Å². The van der Waals surface area contributed by atoms with Crippen LogP contribution in [-0.4, -0.2) is 19.6 Å².